The largest absolute Gasteiger partial charge is 2.00 e. The zero-order valence-corrected chi connectivity index (χ0v) is 18.0. The summed E-state index contributed by atoms with van der Waals surface area (Å²) >= 11 is 0. The van der Waals surface area contributed by atoms with E-state index in [1.807, 2.05) is 39.8 Å². The van der Waals surface area contributed by atoms with Crippen LogP contribution in [0.5, 0.6) is 0 Å². The van der Waals surface area contributed by atoms with Crippen molar-refractivity contribution < 1.29 is 37.9 Å². The van der Waals surface area contributed by atoms with E-state index in [9.17, 15) is 0 Å². The fourth-order valence-electron chi connectivity index (χ4n) is 1.75. The van der Waals surface area contributed by atoms with Crippen LogP contribution in [0.25, 0.3) is 0 Å². The summed E-state index contributed by atoms with van der Waals surface area (Å²) in [5.74, 6) is -0.0730. The maximum absolute atomic E-state index is 8.25. The van der Waals surface area contributed by atoms with Crippen molar-refractivity contribution in [2.75, 3.05) is 0 Å². The van der Waals surface area contributed by atoms with Gasteiger partial charge < -0.3 is 53.1 Å². The molecule has 0 aromatic carbocycles. The van der Waals surface area contributed by atoms with E-state index >= 15 is 0 Å². The third-order valence-corrected chi connectivity index (χ3v) is 2.48. The molecule has 2 aromatic heterocycles. The fourth-order valence-corrected chi connectivity index (χ4v) is 1.75. The molecule has 19 heteroatoms. The molecule has 12 N–H and O–H groups in total. The Labute approximate surface area is 185 Å². The van der Waals surface area contributed by atoms with E-state index in [1.54, 1.807) is 0 Å². The summed E-state index contributed by atoms with van der Waals surface area (Å²) in [6.07, 6.45) is 0. The van der Waals surface area contributed by atoms with Crippen LogP contribution in [0.15, 0.2) is 12.1 Å². The number of hydrogen-bond acceptors (Lipinski definition) is 10. The van der Waals surface area contributed by atoms with Crippen LogP contribution in [-0.4, -0.2) is 41.7 Å². The average Bonchev–Trinajstić information content (AvgIpc) is 2.99. The summed E-state index contributed by atoms with van der Waals surface area (Å²) in [6.45, 7) is 7.46. The molecule has 1 radical (unpaired) electrons. The topological polar surface area (TPSA) is 334 Å². The van der Waals surface area contributed by atoms with Gasteiger partial charge in [-0.25, -0.2) is 9.36 Å². The number of aromatic nitrogens is 4. The Bertz CT molecular complexity index is 761. The molecule has 18 nitrogen and oxygen atoms in total. The maximum atomic E-state index is 8.25. The van der Waals surface area contributed by atoms with Crippen molar-refractivity contribution in [1.82, 2.24) is 19.6 Å². The average molecular weight is 497 g/mol. The Morgan fingerprint density at radius 3 is 1.06 bits per heavy atom. The van der Waals surface area contributed by atoms with Crippen molar-refractivity contribution in [1.29, 1.82) is 10.8 Å². The summed E-state index contributed by atoms with van der Waals surface area (Å²) in [7, 11) is 0. The van der Waals surface area contributed by atoms with E-state index in [0.29, 0.717) is 0 Å². The van der Waals surface area contributed by atoms with Gasteiger partial charge in [-0.2, -0.15) is 10.2 Å². The van der Waals surface area contributed by atoms with Crippen molar-refractivity contribution in [2.45, 2.75) is 27.7 Å². The molecule has 0 saturated carbocycles. The minimum Gasteiger partial charge on any atom is -0.457 e. The molecule has 0 spiro atoms. The van der Waals surface area contributed by atoms with Crippen LogP contribution < -0.4 is 11.5 Å². The predicted octanol–water partition coefficient (Wildman–Crippen LogP) is -1.84. The zero-order valence-electron chi connectivity index (χ0n) is 16.9. The van der Waals surface area contributed by atoms with E-state index in [0.717, 1.165) is 22.8 Å². The van der Waals surface area contributed by atoms with Gasteiger partial charge in [-0.3, -0.25) is 10.8 Å². The van der Waals surface area contributed by atoms with Gasteiger partial charge >= 0.3 is 16.8 Å². The minimum absolute atomic E-state index is 0. The number of aryl methyl sites for hydroxylation is 4. The van der Waals surface area contributed by atoms with Gasteiger partial charge in [-0.05, 0) is 39.8 Å². The second-order valence-corrected chi connectivity index (χ2v) is 4.90. The van der Waals surface area contributed by atoms with E-state index < -0.39 is 10.2 Å². The number of nitrogens with two attached hydrogens (primary N) is 2. The molecule has 179 valence electrons. The second-order valence-electron chi connectivity index (χ2n) is 4.90. The SMILES string of the molecule is Cc1cc(C)n(C(=N)N)n1.Cc1cc(C)n(C(=N)N)n1.O=[N+]([O-])[O-].O=[N+]([O-])[O-].[Co+2].[OH3+].[OH3+]. The third-order valence-electron chi connectivity index (χ3n) is 2.48. The molecule has 0 aliphatic carbocycles. The summed E-state index contributed by atoms with van der Waals surface area (Å²) < 4.78 is 2.80. The molecule has 0 unspecified atom stereocenters. The Kier molecular flexibility index (Phi) is 22.3. The molecular weight excluding hydrogens is 471 g/mol. The van der Waals surface area contributed by atoms with Crippen molar-refractivity contribution in [3.63, 3.8) is 0 Å². The van der Waals surface area contributed by atoms with Gasteiger partial charge in [0, 0.05) is 11.4 Å². The van der Waals surface area contributed by atoms with Gasteiger partial charge in [-0.1, -0.05) is 0 Å². The van der Waals surface area contributed by atoms with E-state index in [-0.39, 0.29) is 39.7 Å². The quantitative estimate of drug-likeness (QED) is 0.103. The smallest absolute Gasteiger partial charge is 0.457 e. The Morgan fingerprint density at radius 1 is 0.806 bits per heavy atom. The van der Waals surface area contributed by atoms with Gasteiger partial charge in [0.2, 0.25) is 11.9 Å². The number of nitrogens with one attached hydrogen (secondary N) is 2. The van der Waals surface area contributed by atoms with E-state index in [4.69, 9.17) is 52.9 Å². The standard InChI is InChI=1S/2C6H10N4.Co.2NO3.2H2O/c2*1-4-3-5(2)10(9-4)6(7)8;;2*2-1(3)4;;/h2*3H,1-2H3,(H3,7,8);;;;2*1H2/q;;+2;2*-1;;/p+2. The van der Waals surface area contributed by atoms with Crippen LogP contribution >= 0.6 is 0 Å². The van der Waals surface area contributed by atoms with Gasteiger partial charge in [0.15, 0.2) is 0 Å². The van der Waals surface area contributed by atoms with Gasteiger partial charge in [0.25, 0.3) is 0 Å². The monoisotopic (exact) mass is 497 g/mol. The number of rotatable bonds is 0. The van der Waals surface area contributed by atoms with Crippen LogP contribution in [0.4, 0.5) is 0 Å². The normalized spacial score (nSPS) is 7.87. The Balaban J connectivity index is -0.000000102. The maximum Gasteiger partial charge on any atom is 2.00 e. The number of nitrogens with zero attached hydrogens (tertiary/aromatic N) is 6. The molecule has 0 bridgehead atoms. The summed E-state index contributed by atoms with van der Waals surface area (Å²) in [6, 6.07) is 3.75. The van der Waals surface area contributed by atoms with Crippen LogP contribution in [0.1, 0.15) is 22.8 Å². The summed E-state index contributed by atoms with van der Waals surface area (Å²) in [4.78, 5) is 16.5. The molecule has 0 amide bonds. The molecular formula is C12H26CoN10O8+2. The number of hydrogen-bond donors (Lipinski definition) is 4. The van der Waals surface area contributed by atoms with Crippen LogP contribution in [0.3, 0.4) is 0 Å². The molecule has 0 atom stereocenters. The van der Waals surface area contributed by atoms with Crippen LogP contribution in [-0.2, 0) is 27.7 Å². The van der Waals surface area contributed by atoms with E-state index in [1.165, 1.54) is 9.36 Å². The fraction of sp³-hybridized carbons (Fsp3) is 0.333. The molecule has 2 heterocycles. The molecule has 0 fully saturated rings. The minimum atomic E-state index is -1.75. The second kappa shape index (κ2) is 18.2. The third kappa shape index (κ3) is 19.3. The van der Waals surface area contributed by atoms with Crippen molar-refractivity contribution in [3.8, 4) is 0 Å². The van der Waals surface area contributed by atoms with Crippen LogP contribution in [0, 0.1) is 69.2 Å². The number of nitrogen functional groups attached to an aromatic ring is 2. The Hall–Kier alpha value is -3.81. The van der Waals surface area contributed by atoms with E-state index in [2.05, 4.69) is 10.2 Å². The molecule has 0 aliphatic heterocycles. The molecule has 0 aliphatic rings. The van der Waals surface area contributed by atoms with Gasteiger partial charge in [-0.15, -0.1) is 0 Å². The van der Waals surface area contributed by atoms with Crippen molar-refractivity contribution in [2.24, 2.45) is 11.5 Å². The molecule has 2 rings (SSSR count). The Morgan fingerprint density at radius 2 is 1.00 bits per heavy atom. The van der Waals surface area contributed by atoms with Crippen molar-refractivity contribution >= 4 is 11.9 Å². The van der Waals surface area contributed by atoms with Gasteiger partial charge in [0.1, 0.15) is 0 Å². The van der Waals surface area contributed by atoms with Gasteiger partial charge in [0.05, 0.1) is 21.6 Å². The first-order chi connectivity index (χ1) is 12.7. The first-order valence-corrected chi connectivity index (χ1v) is 7.07. The zero-order chi connectivity index (χ0) is 22.6. The predicted molar refractivity (Wildman–Crippen MR) is 108 cm³/mol. The first-order valence-electron chi connectivity index (χ1n) is 7.07. The summed E-state index contributed by atoms with van der Waals surface area (Å²) in [5, 5.41) is 51.6. The molecule has 2 aromatic rings. The molecule has 0 saturated heterocycles. The summed E-state index contributed by atoms with van der Waals surface area (Å²) in [5.41, 5.74) is 14.0. The van der Waals surface area contributed by atoms with Crippen LogP contribution in [0.2, 0.25) is 0 Å². The molecule has 31 heavy (non-hydrogen) atoms. The first kappa shape index (κ1) is 37.9. The van der Waals surface area contributed by atoms with Crippen molar-refractivity contribution in [3.05, 3.63) is 65.6 Å².